The standard InChI is InChI=1S/C20H25NO2/c1-16(17-7-4-3-5-8-17)18-9-6-10-19(13-18)21-11-12-23-20(14-21)15-22-2/h3-10,13,16,20H,11-12,14-15H2,1-2H3. The minimum atomic E-state index is 0.156. The van der Waals surface area contributed by atoms with Gasteiger partial charge in [-0.2, -0.15) is 0 Å². The van der Waals surface area contributed by atoms with Crippen molar-refractivity contribution in [1.29, 1.82) is 0 Å². The van der Waals surface area contributed by atoms with Crippen LogP contribution in [0.3, 0.4) is 0 Å². The zero-order chi connectivity index (χ0) is 16.1. The highest BCUT2D eigenvalue weighted by molar-refractivity contribution is 5.51. The summed E-state index contributed by atoms with van der Waals surface area (Å²) in [7, 11) is 1.73. The van der Waals surface area contributed by atoms with E-state index < -0.39 is 0 Å². The van der Waals surface area contributed by atoms with E-state index in [9.17, 15) is 0 Å². The van der Waals surface area contributed by atoms with Crippen LogP contribution in [-0.4, -0.2) is 39.5 Å². The van der Waals surface area contributed by atoms with Crippen molar-refractivity contribution in [3.8, 4) is 0 Å². The van der Waals surface area contributed by atoms with Crippen LogP contribution in [0.25, 0.3) is 0 Å². The second-order valence-electron chi connectivity index (χ2n) is 6.12. The number of nitrogens with zero attached hydrogens (tertiary/aromatic N) is 1. The van der Waals surface area contributed by atoms with Crippen LogP contribution in [0.1, 0.15) is 24.0 Å². The molecule has 1 aliphatic heterocycles. The van der Waals surface area contributed by atoms with Crippen molar-refractivity contribution in [2.45, 2.75) is 18.9 Å². The van der Waals surface area contributed by atoms with Gasteiger partial charge in [0.15, 0.2) is 0 Å². The normalized spacial score (nSPS) is 19.6. The molecule has 0 N–H and O–H groups in total. The van der Waals surface area contributed by atoms with Gasteiger partial charge >= 0.3 is 0 Å². The maximum absolute atomic E-state index is 5.75. The molecule has 3 rings (SSSR count). The summed E-state index contributed by atoms with van der Waals surface area (Å²) in [6, 6.07) is 19.5. The van der Waals surface area contributed by atoms with Gasteiger partial charge in [-0.05, 0) is 23.3 Å². The summed E-state index contributed by atoms with van der Waals surface area (Å²) < 4.78 is 11.0. The fraction of sp³-hybridized carbons (Fsp3) is 0.400. The van der Waals surface area contributed by atoms with Crippen LogP contribution in [0, 0.1) is 0 Å². The highest BCUT2D eigenvalue weighted by Gasteiger charge is 2.21. The summed E-state index contributed by atoms with van der Waals surface area (Å²) in [5, 5.41) is 0. The second-order valence-corrected chi connectivity index (χ2v) is 6.12. The van der Waals surface area contributed by atoms with Crippen LogP contribution < -0.4 is 4.90 Å². The lowest BCUT2D eigenvalue weighted by molar-refractivity contribution is -0.0100. The molecule has 0 bridgehead atoms. The van der Waals surface area contributed by atoms with Crippen LogP contribution >= 0.6 is 0 Å². The molecule has 0 aromatic heterocycles. The molecule has 23 heavy (non-hydrogen) atoms. The highest BCUT2D eigenvalue weighted by atomic mass is 16.5. The Morgan fingerprint density at radius 2 is 1.91 bits per heavy atom. The van der Waals surface area contributed by atoms with Gasteiger partial charge in [-0.25, -0.2) is 0 Å². The number of rotatable bonds is 5. The van der Waals surface area contributed by atoms with Crippen LogP contribution in [0.2, 0.25) is 0 Å². The van der Waals surface area contributed by atoms with Gasteiger partial charge in [-0.1, -0.05) is 49.4 Å². The Morgan fingerprint density at radius 3 is 2.70 bits per heavy atom. The molecular formula is C20H25NO2. The minimum Gasteiger partial charge on any atom is -0.382 e. The van der Waals surface area contributed by atoms with E-state index >= 15 is 0 Å². The van der Waals surface area contributed by atoms with Crippen molar-refractivity contribution in [2.24, 2.45) is 0 Å². The molecule has 1 heterocycles. The van der Waals surface area contributed by atoms with Crippen molar-refractivity contribution in [3.63, 3.8) is 0 Å². The maximum atomic E-state index is 5.75. The number of ether oxygens (including phenoxy) is 2. The largest absolute Gasteiger partial charge is 0.382 e. The average Bonchev–Trinajstić information content (AvgIpc) is 2.62. The summed E-state index contributed by atoms with van der Waals surface area (Å²) in [6.07, 6.45) is 0.156. The van der Waals surface area contributed by atoms with Crippen LogP contribution in [0.5, 0.6) is 0 Å². The molecule has 0 spiro atoms. The molecule has 1 fully saturated rings. The summed E-state index contributed by atoms with van der Waals surface area (Å²) in [6.45, 7) is 5.49. The number of hydrogen-bond donors (Lipinski definition) is 0. The lowest BCUT2D eigenvalue weighted by Gasteiger charge is -2.34. The summed E-state index contributed by atoms with van der Waals surface area (Å²) in [5.41, 5.74) is 3.97. The van der Waals surface area contributed by atoms with E-state index in [2.05, 4.69) is 66.4 Å². The van der Waals surface area contributed by atoms with Crippen LogP contribution in [0.15, 0.2) is 54.6 Å². The SMILES string of the molecule is COCC1CN(c2cccc(C(C)c3ccccc3)c2)CCO1. The smallest absolute Gasteiger partial charge is 0.0983 e. The van der Waals surface area contributed by atoms with Crippen molar-refractivity contribution in [1.82, 2.24) is 0 Å². The van der Waals surface area contributed by atoms with Crippen molar-refractivity contribution in [3.05, 3.63) is 65.7 Å². The van der Waals surface area contributed by atoms with E-state index in [0.717, 1.165) is 19.7 Å². The predicted molar refractivity (Wildman–Crippen MR) is 94.2 cm³/mol. The van der Waals surface area contributed by atoms with Crippen LogP contribution in [-0.2, 0) is 9.47 Å². The van der Waals surface area contributed by atoms with Gasteiger partial charge in [-0.15, -0.1) is 0 Å². The Bertz CT molecular complexity index is 612. The van der Waals surface area contributed by atoms with Gasteiger partial charge in [0.25, 0.3) is 0 Å². The van der Waals surface area contributed by atoms with Gasteiger partial charge < -0.3 is 14.4 Å². The fourth-order valence-electron chi connectivity index (χ4n) is 3.17. The molecule has 1 saturated heterocycles. The highest BCUT2D eigenvalue weighted by Crippen LogP contribution is 2.28. The van der Waals surface area contributed by atoms with Crippen molar-refractivity contribution >= 4 is 5.69 Å². The molecule has 2 aromatic rings. The Balaban J connectivity index is 1.77. The lowest BCUT2D eigenvalue weighted by atomic mass is 9.93. The van der Waals surface area contributed by atoms with Crippen LogP contribution in [0.4, 0.5) is 5.69 Å². The first-order valence-corrected chi connectivity index (χ1v) is 8.28. The maximum Gasteiger partial charge on any atom is 0.0983 e. The zero-order valence-corrected chi connectivity index (χ0v) is 13.9. The van der Waals surface area contributed by atoms with E-state index in [1.165, 1.54) is 16.8 Å². The molecular weight excluding hydrogens is 286 g/mol. The number of anilines is 1. The molecule has 2 unspecified atom stereocenters. The first kappa shape index (κ1) is 16.0. The topological polar surface area (TPSA) is 21.7 Å². The lowest BCUT2D eigenvalue weighted by Crippen LogP contribution is -2.44. The van der Waals surface area contributed by atoms with E-state index in [1.54, 1.807) is 7.11 Å². The van der Waals surface area contributed by atoms with E-state index in [0.29, 0.717) is 12.5 Å². The van der Waals surface area contributed by atoms with Crippen molar-refractivity contribution < 1.29 is 9.47 Å². The monoisotopic (exact) mass is 311 g/mol. The van der Waals surface area contributed by atoms with Gasteiger partial charge in [0.1, 0.15) is 0 Å². The third kappa shape index (κ3) is 3.92. The van der Waals surface area contributed by atoms with E-state index in [1.807, 2.05) is 0 Å². The zero-order valence-electron chi connectivity index (χ0n) is 13.9. The third-order valence-electron chi connectivity index (χ3n) is 4.53. The molecule has 0 amide bonds. The van der Waals surface area contributed by atoms with E-state index in [4.69, 9.17) is 9.47 Å². The van der Waals surface area contributed by atoms with Gasteiger partial charge in [0.05, 0.1) is 19.3 Å². The third-order valence-corrected chi connectivity index (χ3v) is 4.53. The Morgan fingerprint density at radius 1 is 1.13 bits per heavy atom. The minimum absolute atomic E-state index is 0.156. The Kier molecular flexibility index (Phi) is 5.31. The number of methoxy groups -OCH3 is 1. The fourth-order valence-corrected chi connectivity index (χ4v) is 3.17. The van der Waals surface area contributed by atoms with Gasteiger partial charge in [0.2, 0.25) is 0 Å². The number of hydrogen-bond acceptors (Lipinski definition) is 3. The molecule has 1 aliphatic rings. The summed E-state index contributed by atoms with van der Waals surface area (Å²) in [4.78, 5) is 2.40. The second kappa shape index (κ2) is 7.62. The molecule has 0 radical (unpaired) electrons. The Labute approximate surface area is 138 Å². The first-order valence-electron chi connectivity index (χ1n) is 8.28. The van der Waals surface area contributed by atoms with Crippen molar-refractivity contribution in [2.75, 3.05) is 38.3 Å². The first-order chi connectivity index (χ1) is 11.3. The number of benzene rings is 2. The van der Waals surface area contributed by atoms with E-state index in [-0.39, 0.29) is 6.10 Å². The quantitative estimate of drug-likeness (QED) is 0.840. The predicted octanol–water partition coefficient (Wildman–Crippen LogP) is 3.69. The summed E-state index contributed by atoms with van der Waals surface area (Å²) in [5.74, 6) is 0.395. The molecule has 2 aromatic carbocycles. The van der Waals surface area contributed by atoms with Gasteiger partial charge in [-0.3, -0.25) is 0 Å². The molecule has 122 valence electrons. The molecule has 0 aliphatic carbocycles. The molecule has 2 atom stereocenters. The molecule has 0 saturated carbocycles. The van der Waals surface area contributed by atoms with Gasteiger partial charge in [0, 0.05) is 31.8 Å². The average molecular weight is 311 g/mol. The molecule has 3 heteroatoms. The number of morpholine rings is 1. The molecule has 3 nitrogen and oxygen atoms in total. The summed E-state index contributed by atoms with van der Waals surface area (Å²) >= 11 is 0. The Hall–Kier alpha value is -1.84.